The average molecular weight is 524 g/mol. The maximum absolute atomic E-state index is 13.7. The molecule has 1 aliphatic rings. The third-order valence-electron chi connectivity index (χ3n) is 6.65. The number of phenolic OH excluding ortho intramolecular Hbond substituents is 1. The number of fused-ring (bicyclic) bond motifs is 1. The van der Waals surface area contributed by atoms with Crippen LogP contribution < -0.4 is 26.8 Å². The Morgan fingerprint density at radius 1 is 0.944 bits per heavy atom. The Balaban J connectivity index is 0.00000304. The fourth-order valence-corrected chi connectivity index (χ4v) is 5.96. The van der Waals surface area contributed by atoms with Crippen LogP contribution in [-0.2, 0) is 0 Å². The van der Waals surface area contributed by atoms with Gasteiger partial charge in [-0.3, -0.25) is 4.79 Å². The molecule has 0 aliphatic carbocycles. The lowest BCUT2D eigenvalue weighted by atomic mass is 9.97. The molecule has 188 valence electrons. The molecule has 5 rings (SSSR count). The van der Waals surface area contributed by atoms with Crippen molar-refractivity contribution >= 4 is 27.2 Å². The number of hydrogen-bond donors (Lipinski definition) is 2. The van der Waals surface area contributed by atoms with Crippen LogP contribution in [0, 0.1) is 0 Å². The Bertz CT molecular complexity index is 1310. The zero-order chi connectivity index (χ0) is 24.2. The minimum Gasteiger partial charge on any atom is -1.00 e. The van der Waals surface area contributed by atoms with Gasteiger partial charge in [0.2, 0.25) is 0 Å². The van der Waals surface area contributed by atoms with Crippen molar-refractivity contribution < 1.29 is 36.7 Å². The third-order valence-corrected chi connectivity index (χ3v) is 7.86. The number of hydrogen-bond acceptors (Lipinski definition) is 5. The first-order valence-corrected chi connectivity index (χ1v) is 12.9. The van der Waals surface area contributed by atoms with Crippen molar-refractivity contribution in [1.29, 1.82) is 0 Å². The summed E-state index contributed by atoms with van der Waals surface area (Å²) in [5.74, 6) is 1.69. The topological polar surface area (TPSA) is 60.2 Å². The first-order chi connectivity index (χ1) is 17.1. The van der Waals surface area contributed by atoms with E-state index in [0.29, 0.717) is 17.7 Å². The van der Waals surface area contributed by atoms with E-state index in [-0.39, 0.29) is 23.9 Å². The highest BCUT2D eigenvalue weighted by atomic mass is 35.5. The highest BCUT2D eigenvalue weighted by molar-refractivity contribution is 7.22. The van der Waals surface area contributed by atoms with Gasteiger partial charge in [0.15, 0.2) is 5.78 Å². The summed E-state index contributed by atoms with van der Waals surface area (Å²) < 4.78 is 12.1. The van der Waals surface area contributed by atoms with Crippen LogP contribution in [-0.4, -0.2) is 44.2 Å². The molecule has 2 heterocycles. The van der Waals surface area contributed by atoms with Crippen LogP contribution in [0.1, 0.15) is 35.2 Å². The van der Waals surface area contributed by atoms with Gasteiger partial charge in [0.1, 0.15) is 30.4 Å². The van der Waals surface area contributed by atoms with Crippen LogP contribution in [0.2, 0.25) is 0 Å². The van der Waals surface area contributed by atoms with Gasteiger partial charge >= 0.3 is 0 Å². The average Bonchev–Trinajstić information content (AvgIpc) is 3.28. The van der Waals surface area contributed by atoms with Crippen molar-refractivity contribution in [3.05, 3.63) is 77.9 Å². The number of aromatic hydroxyl groups is 1. The second kappa shape index (κ2) is 11.8. The fourth-order valence-electron chi connectivity index (χ4n) is 4.72. The van der Waals surface area contributed by atoms with Gasteiger partial charge in [0.05, 0.1) is 20.2 Å². The van der Waals surface area contributed by atoms with Crippen molar-refractivity contribution in [2.24, 2.45) is 0 Å². The van der Waals surface area contributed by atoms with E-state index in [2.05, 4.69) is 0 Å². The largest absolute Gasteiger partial charge is 1.00 e. The Kier molecular flexibility index (Phi) is 8.52. The van der Waals surface area contributed by atoms with Gasteiger partial charge in [-0.25, -0.2) is 0 Å². The molecular weight excluding hydrogens is 494 g/mol. The van der Waals surface area contributed by atoms with Crippen molar-refractivity contribution in [1.82, 2.24) is 0 Å². The molecule has 1 aromatic heterocycles. The Labute approximate surface area is 221 Å². The molecule has 0 bridgehead atoms. The van der Waals surface area contributed by atoms with Crippen molar-refractivity contribution in [2.45, 2.75) is 19.3 Å². The lowest BCUT2D eigenvalue weighted by Gasteiger charge is -2.23. The van der Waals surface area contributed by atoms with Gasteiger partial charge < -0.3 is 31.9 Å². The van der Waals surface area contributed by atoms with Crippen molar-refractivity contribution in [2.75, 3.05) is 33.4 Å². The van der Waals surface area contributed by atoms with Crippen LogP contribution in [0.3, 0.4) is 0 Å². The van der Waals surface area contributed by atoms with E-state index in [1.54, 1.807) is 24.1 Å². The summed E-state index contributed by atoms with van der Waals surface area (Å²) in [6.07, 6.45) is 3.96. The number of benzene rings is 3. The summed E-state index contributed by atoms with van der Waals surface area (Å²) in [6, 6.07) is 20.3. The Hall–Kier alpha value is -3.06. The lowest BCUT2D eigenvalue weighted by molar-refractivity contribution is -0.904. The van der Waals surface area contributed by atoms with Crippen LogP contribution in [0.15, 0.2) is 66.7 Å². The Morgan fingerprint density at radius 3 is 2.33 bits per heavy atom. The van der Waals surface area contributed by atoms with Crippen LogP contribution in [0.5, 0.6) is 17.2 Å². The maximum Gasteiger partial charge on any atom is 0.195 e. The number of nitrogens with one attached hydrogen (secondary N) is 1. The predicted octanol–water partition coefficient (Wildman–Crippen LogP) is 1.97. The standard InChI is InChI=1S/C29H29NO4S.ClH/c1-33-23-10-7-21(8-11-23)29-27(25-14-9-22(31)19-26(25)35-29)28(32)20-5-12-24(13-6-20)34-18-17-30-15-3-2-4-16-30;/h5-14,19,31H,2-4,15-18H2,1H3;1H. The highest BCUT2D eigenvalue weighted by Gasteiger charge is 2.22. The zero-order valence-electron chi connectivity index (χ0n) is 20.3. The molecule has 0 radical (unpaired) electrons. The number of rotatable bonds is 8. The molecule has 7 heteroatoms. The SMILES string of the molecule is COc1ccc(-c2sc3cc(O)ccc3c2C(=O)c2ccc(OCC[NH+]3CCCCC3)cc2)cc1.[Cl-]. The quantitative estimate of drug-likeness (QED) is 0.347. The number of ketones is 1. The van der Waals surface area contributed by atoms with E-state index in [1.807, 2.05) is 54.6 Å². The summed E-state index contributed by atoms with van der Waals surface area (Å²) in [7, 11) is 1.63. The summed E-state index contributed by atoms with van der Waals surface area (Å²) in [5.41, 5.74) is 2.20. The van der Waals surface area contributed by atoms with Crippen LogP contribution >= 0.6 is 11.3 Å². The molecule has 0 saturated carbocycles. The normalized spacial score (nSPS) is 13.8. The van der Waals surface area contributed by atoms with Gasteiger partial charge in [0, 0.05) is 26.1 Å². The fraction of sp³-hybridized carbons (Fsp3) is 0.276. The summed E-state index contributed by atoms with van der Waals surface area (Å²) in [6.45, 7) is 4.17. The molecule has 1 aliphatic heterocycles. The molecule has 4 aromatic rings. The number of methoxy groups -OCH3 is 1. The first kappa shape index (κ1) is 26.0. The van der Waals surface area contributed by atoms with Gasteiger partial charge in [-0.1, -0.05) is 0 Å². The molecule has 0 amide bonds. The summed E-state index contributed by atoms with van der Waals surface area (Å²) in [5, 5.41) is 10.8. The van der Waals surface area contributed by atoms with E-state index in [4.69, 9.17) is 9.47 Å². The highest BCUT2D eigenvalue weighted by Crippen LogP contribution is 2.41. The minimum atomic E-state index is -0.0444. The number of thiophene rings is 1. The van der Waals surface area contributed by atoms with Crippen LogP contribution in [0.25, 0.3) is 20.5 Å². The molecule has 0 spiro atoms. The van der Waals surface area contributed by atoms with Gasteiger partial charge in [-0.05, 0) is 91.6 Å². The molecule has 36 heavy (non-hydrogen) atoms. The minimum absolute atomic E-state index is 0. The molecule has 5 nitrogen and oxygen atoms in total. The van der Waals surface area contributed by atoms with E-state index in [0.717, 1.165) is 38.6 Å². The van der Waals surface area contributed by atoms with Crippen LogP contribution in [0.4, 0.5) is 0 Å². The maximum atomic E-state index is 13.7. The van der Waals surface area contributed by atoms with Gasteiger partial charge in [-0.15, -0.1) is 11.3 Å². The second-order valence-corrected chi connectivity index (χ2v) is 10.0. The summed E-state index contributed by atoms with van der Waals surface area (Å²) in [4.78, 5) is 16.2. The second-order valence-electron chi connectivity index (χ2n) is 8.98. The van der Waals surface area contributed by atoms with Gasteiger partial charge in [-0.2, -0.15) is 0 Å². The molecule has 3 aromatic carbocycles. The summed E-state index contributed by atoms with van der Waals surface area (Å²) >= 11 is 1.51. The number of carbonyl (C=O) groups excluding carboxylic acids is 1. The van der Waals surface area contributed by atoms with Crippen molar-refractivity contribution in [3.8, 4) is 27.7 Å². The number of quaternary nitrogens is 1. The van der Waals surface area contributed by atoms with E-state index in [1.165, 1.54) is 43.7 Å². The number of piperidine rings is 1. The number of likely N-dealkylation sites (tertiary alicyclic amines) is 1. The molecule has 0 atom stereocenters. The van der Waals surface area contributed by atoms with E-state index in [9.17, 15) is 9.90 Å². The number of ether oxygens (including phenoxy) is 2. The molecule has 0 unspecified atom stereocenters. The van der Waals surface area contributed by atoms with E-state index >= 15 is 0 Å². The van der Waals surface area contributed by atoms with Gasteiger partial charge in [0.25, 0.3) is 0 Å². The first-order valence-electron chi connectivity index (χ1n) is 12.1. The third kappa shape index (κ3) is 5.67. The lowest BCUT2D eigenvalue weighted by Crippen LogP contribution is -3.13. The molecular formula is C29H30ClNO4S. The molecule has 2 N–H and O–H groups in total. The predicted molar refractivity (Wildman–Crippen MR) is 140 cm³/mol. The Morgan fingerprint density at radius 2 is 1.64 bits per heavy atom. The monoisotopic (exact) mass is 523 g/mol. The number of halogens is 1. The number of carbonyl (C=O) groups is 1. The number of phenols is 1. The van der Waals surface area contributed by atoms with Crippen molar-refractivity contribution in [3.63, 3.8) is 0 Å². The molecule has 1 saturated heterocycles. The zero-order valence-corrected chi connectivity index (χ0v) is 21.8. The molecule has 1 fully saturated rings. The van der Waals surface area contributed by atoms with E-state index < -0.39 is 0 Å². The smallest absolute Gasteiger partial charge is 0.195 e.